The summed E-state index contributed by atoms with van der Waals surface area (Å²) < 4.78 is 0. The fraction of sp³-hybridized carbons (Fsp3) is 0.429. The maximum Gasteiger partial charge on any atom is 0.336 e. The van der Waals surface area contributed by atoms with Crippen molar-refractivity contribution >= 4 is 11.9 Å². The van der Waals surface area contributed by atoms with Crippen LogP contribution >= 0.6 is 0 Å². The Bertz CT molecular complexity index is 1130. The number of aromatic carboxylic acids is 2. The molecule has 0 aliphatic heterocycles. The van der Waals surface area contributed by atoms with Crippen LogP contribution in [0.5, 0.6) is 0 Å². The lowest BCUT2D eigenvalue weighted by Crippen LogP contribution is -2.56. The highest BCUT2D eigenvalue weighted by atomic mass is 16.4. The van der Waals surface area contributed by atoms with Crippen molar-refractivity contribution in [2.45, 2.75) is 57.8 Å². The summed E-state index contributed by atoms with van der Waals surface area (Å²) >= 11 is 0. The van der Waals surface area contributed by atoms with Crippen LogP contribution in [-0.4, -0.2) is 22.2 Å². The molecule has 0 radical (unpaired) electrons. The molecule has 0 saturated heterocycles. The van der Waals surface area contributed by atoms with E-state index in [4.69, 9.17) is 0 Å². The molecule has 4 fully saturated rings. The normalized spacial score (nSPS) is 32.2. The molecule has 4 heteroatoms. The molecular formula is C28H28O4. The molecule has 2 aromatic carbocycles. The van der Waals surface area contributed by atoms with Crippen LogP contribution in [0.1, 0.15) is 89.8 Å². The van der Waals surface area contributed by atoms with E-state index in [1.54, 1.807) is 0 Å². The lowest BCUT2D eigenvalue weighted by molar-refractivity contribution is -0.110. The third kappa shape index (κ3) is 3.41. The van der Waals surface area contributed by atoms with Gasteiger partial charge in [0.05, 0.1) is 16.7 Å². The van der Waals surface area contributed by atoms with Gasteiger partial charge in [0.2, 0.25) is 0 Å². The summed E-state index contributed by atoms with van der Waals surface area (Å²) in [6, 6.07) is 12.6. The van der Waals surface area contributed by atoms with Gasteiger partial charge in [-0.25, -0.2) is 9.59 Å². The molecule has 32 heavy (non-hydrogen) atoms. The Balaban J connectivity index is 1.47. The van der Waals surface area contributed by atoms with Crippen molar-refractivity contribution < 1.29 is 19.8 Å². The molecule has 164 valence electrons. The zero-order chi connectivity index (χ0) is 22.7. The second-order valence-electron chi connectivity index (χ2n) is 11.1. The van der Waals surface area contributed by atoms with Gasteiger partial charge in [-0.05, 0) is 90.5 Å². The molecule has 4 saturated carbocycles. The number of hydrogen-bond acceptors (Lipinski definition) is 2. The molecule has 0 aromatic heterocycles. The maximum atomic E-state index is 11.5. The fourth-order valence-electron chi connectivity index (χ4n) is 7.85. The predicted molar refractivity (Wildman–Crippen MR) is 122 cm³/mol. The molecular weight excluding hydrogens is 400 g/mol. The van der Waals surface area contributed by atoms with E-state index >= 15 is 0 Å². The highest BCUT2D eigenvalue weighted by molar-refractivity contribution is 5.98. The van der Waals surface area contributed by atoms with E-state index < -0.39 is 11.9 Å². The lowest BCUT2D eigenvalue weighted by atomic mass is 9.39. The maximum absolute atomic E-state index is 11.5. The Hall–Kier alpha value is -3.06. The zero-order valence-electron chi connectivity index (χ0n) is 18.6. The van der Waals surface area contributed by atoms with Crippen molar-refractivity contribution in [3.63, 3.8) is 0 Å². The van der Waals surface area contributed by atoms with E-state index in [1.807, 2.05) is 12.1 Å². The van der Waals surface area contributed by atoms with Crippen LogP contribution in [0.4, 0.5) is 0 Å². The second-order valence-corrected chi connectivity index (χ2v) is 11.1. The lowest BCUT2D eigenvalue weighted by Gasteiger charge is -2.65. The summed E-state index contributed by atoms with van der Waals surface area (Å²) in [4.78, 5) is 23.1. The zero-order valence-corrected chi connectivity index (χ0v) is 18.6. The molecule has 0 amide bonds. The number of benzene rings is 2. The molecule has 4 bridgehead atoms. The van der Waals surface area contributed by atoms with Crippen LogP contribution in [0.3, 0.4) is 0 Å². The van der Waals surface area contributed by atoms with Crippen molar-refractivity contribution in [3.05, 3.63) is 70.3 Å². The SMILES string of the molecule is CC12CC3CC(C)(C1)CC(c1ccc(C#Cc4c(C(=O)O)cccc4C(=O)O)cc1)(C3)C2. The monoisotopic (exact) mass is 428 g/mol. The quantitative estimate of drug-likeness (QED) is 0.612. The highest BCUT2D eigenvalue weighted by Crippen LogP contribution is 2.69. The van der Waals surface area contributed by atoms with Gasteiger partial charge in [0.15, 0.2) is 0 Å². The number of hydrogen-bond donors (Lipinski definition) is 2. The van der Waals surface area contributed by atoms with Gasteiger partial charge in [-0.2, -0.15) is 0 Å². The standard InChI is InChI=1S/C28H28O4/c1-26-12-19-13-27(2,15-26)17-28(14-19,16-26)20-9-6-18(7-10-20)8-11-21-22(24(29)30)4-3-5-23(21)25(31)32/h3-7,9-10,19H,12-17H2,1-2H3,(H,29,30)(H,31,32). The Labute approximate surface area is 188 Å². The smallest absolute Gasteiger partial charge is 0.336 e. The van der Waals surface area contributed by atoms with E-state index in [0.717, 1.165) is 11.5 Å². The van der Waals surface area contributed by atoms with Crippen LogP contribution in [-0.2, 0) is 5.41 Å². The number of carbonyl (C=O) groups is 2. The van der Waals surface area contributed by atoms with Crippen molar-refractivity contribution in [1.82, 2.24) is 0 Å². The van der Waals surface area contributed by atoms with Crippen molar-refractivity contribution in [2.75, 3.05) is 0 Å². The van der Waals surface area contributed by atoms with Crippen LogP contribution in [0, 0.1) is 28.6 Å². The minimum Gasteiger partial charge on any atom is -0.478 e. The first kappa shape index (κ1) is 20.8. The van der Waals surface area contributed by atoms with E-state index in [0.29, 0.717) is 10.8 Å². The third-order valence-electron chi connectivity index (χ3n) is 7.98. The van der Waals surface area contributed by atoms with Gasteiger partial charge in [0.25, 0.3) is 0 Å². The van der Waals surface area contributed by atoms with Crippen molar-refractivity contribution in [2.24, 2.45) is 16.7 Å². The van der Waals surface area contributed by atoms with Gasteiger partial charge in [-0.1, -0.05) is 43.9 Å². The van der Waals surface area contributed by atoms with E-state index in [9.17, 15) is 19.8 Å². The Morgan fingerprint density at radius 1 is 0.812 bits per heavy atom. The molecule has 2 aromatic rings. The second kappa shape index (κ2) is 6.97. The number of rotatable bonds is 3. The molecule has 4 aliphatic rings. The third-order valence-corrected chi connectivity index (χ3v) is 7.98. The van der Waals surface area contributed by atoms with Crippen molar-refractivity contribution in [1.29, 1.82) is 0 Å². The summed E-state index contributed by atoms with van der Waals surface area (Å²) in [5.74, 6) is 4.26. The molecule has 2 N–H and O–H groups in total. The molecule has 4 nitrogen and oxygen atoms in total. The van der Waals surface area contributed by atoms with Crippen LogP contribution in [0.2, 0.25) is 0 Å². The van der Waals surface area contributed by atoms with E-state index in [1.165, 1.54) is 62.3 Å². The van der Waals surface area contributed by atoms with Gasteiger partial charge in [-0.3, -0.25) is 0 Å². The Kier molecular flexibility index (Phi) is 4.53. The Morgan fingerprint density at radius 2 is 1.38 bits per heavy atom. The molecule has 4 aliphatic carbocycles. The van der Waals surface area contributed by atoms with Gasteiger partial charge >= 0.3 is 11.9 Å². The molecule has 0 spiro atoms. The molecule has 6 rings (SSSR count). The van der Waals surface area contributed by atoms with Gasteiger partial charge in [0.1, 0.15) is 0 Å². The summed E-state index contributed by atoms with van der Waals surface area (Å²) in [6.07, 6.45) is 7.86. The van der Waals surface area contributed by atoms with Gasteiger partial charge < -0.3 is 10.2 Å². The minimum absolute atomic E-state index is 0.0403. The summed E-state index contributed by atoms with van der Waals surface area (Å²) in [5.41, 5.74) is 3.14. The minimum atomic E-state index is -1.18. The van der Waals surface area contributed by atoms with Crippen molar-refractivity contribution in [3.8, 4) is 11.8 Å². The van der Waals surface area contributed by atoms with E-state index in [-0.39, 0.29) is 22.1 Å². The molecule has 2 unspecified atom stereocenters. The largest absolute Gasteiger partial charge is 0.478 e. The average molecular weight is 429 g/mol. The van der Waals surface area contributed by atoms with Gasteiger partial charge in [-0.15, -0.1) is 0 Å². The number of carboxylic acids is 2. The highest BCUT2D eigenvalue weighted by Gasteiger charge is 2.60. The number of carboxylic acid groups (broad SMARTS) is 2. The first-order valence-electron chi connectivity index (χ1n) is 11.3. The Morgan fingerprint density at radius 3 is 1.88 bits per heavy atom. The first-order chi connectivity index (χ1) is 15.1. The summed E-state index contributed by atoms with van der Waals surface area (Å²) in [5, 5.41) is 18.9. The summed E-state index contributed by atoms with van der Waals surface area (Å²) in [7, 11) is 0. The van der Waals surface area contributed by atoms with Crippen LogP contribution < -0.4 is 0 Å². The first-order valence-corrected chi connectivity index (χ1v) is 11.3. The molecule has 2 atom stereocenters. The van der Waals surface area contributed by atoms with E-state index in [2.05, 4.69) is 37.8 Å². The summed E-state index contributed by atoms with van der Waals surface area (Å²) in [6.45, 7) is 4.95. The van der Waals surface area contributed by atoms with Crippen LogP contribution in [0.25, 0.3) is 0 Å². The topological polar surface area (TPSA) is 74.6 Å². The fourth-order valence-corrected chi connectivity index (χ4v) is 7.85. The van der Waals surface area contributed by atoms with Gasteiger partial charge in [0, 0.05) is 5.56 Å². The molecule has 0 heterocycles. The predicted octanol–water partition coefficient (Wildman–Crippen LogP) is 5.73. The van der Waals surface area contributed by atoms with Crippen LogP contribution in [0.15, 0.2) is 42.5 Å². The average Bonchev–Trinajstić information content (AvgIpc) is 2.69.